The number of aldehydes is 1. The second kappa shape index (κ2) is 8.31. The van der Waals surface area contributed by atoms with Crippen molar-refractivity contribution in [1.29, 1.82) is 0 Å². The van der Waals surface area contributed by atoms with E-state index in [0.717, 1.165) is 22.0 Å². The number of rotatable bonds is 5. The Morgan fingerprint density at radius 3 is 2.38 bits per heavy atom. The second-order valence-electron chi connectivity index (χ2n) is 7.87. The molecule has 3 aromatic rings. The molecule has 0 radical (unpaired) electrons. The topological polar surface area (TPSA) is 77.4 Å². The van der Waals surface area contributed by atoms with Crippen LogP contribution in [0, 0.1) is 0 Å². The lowest BCUT2D eigenvalue weighted by molar-refractivity contribution is -0.109. The van der Waals surface area contributed by atoms with E-state index >= 15 is 0 Å². The van der Waals surface area contributed by atoms with Gasteiger partial charge in [0.05, 0.1) is 6.04 Å². The number of carbonyl (C=O) groups is 2. The highest BCUT2D eigenvalue weighted by molar-refractivity contribution is 5.81. The summed E-state index contributed by atoms with van der Waals surface area (Å²) >= 11 is 0. The number of pyridine rings is 1. The van der Waals surface area contributed by atoms with Gasteiger partial charge in [0.1, 0.15) is 11.9 Å². The predicted octanol–water partition coefficient (Wildman–Crippen LogP) is 3.63. The van der Waals surface area contributed by atoms with Gasteiger partial charge in [-0.3, -0.25) is 9.36 Å². The quantitative estimate of drug-likeness (QED) is 0.673. The van der Waals surface area contributed by atoms with Gasteiger partial charge in [-0.25, -0.2) is 4.79 Å². The van der Waals surface area contributed by atoms with Crippen molar-refractivity contribution in [3.63, 3.8) is 0 Å². The number of nitrogens with zero attached hydrogens (tertiary/aromatic N) is 1. The first kappa shape index (κ1) is 20.3. The van der Waals surface area contributed by atoms with Crippen LogP contribution in [0.15, 0.2) is 65.6 Å². The summed E-state index contributed by atoms with van der Waals surface area (Å²) in [5, 5.41) is 4.43. The average Bonchev–Trinajstić information content (AvgIpc) is 2.66. The van der Waals surface area contributed by atoms with Crippen molar-refractivity contribution >= 4 is 23.2 Å². The zero-order valence-electron chi connectivity index (χ0n) is 16.7. The molecule has 0 saturated carbocycles. The van der Waals surface area contributed by atoms with Crippen molar-refractivity contribution in [2.45, 2.75) is 38.8 Å². The molecule has 1 aromatic heterocycles. The molecule has 1 amide bonds. The van der Waals surface area contributed by atoms with E-state index in [9.17, 15) is 14.4 Å². The standard InChI is InChI=1S/C23H24N2O4/c1-23(2,3)29-22(28)24-19(15-26)12-16-8-10-20(11-9-16)25-14-18-7-5-4-6-17(18)13-21(25)27/h4-11,13-15,19H,12H2,1-3H3,(H,24,28). The van der Waals surface area contributed by atoms with Crippen LogP contribution < -0.4 is 10.9 Å². The summed E-state index contributed by atoms with van der Waals surface area (Å²) in [7, 11) is 0. The zero-order chi connectivity index (χ0) is 21.0. The summed E-state index contributed by atoms with van der Waals surface area (Å²) in [6.45, 7) is 5.28. The lowest BCUT2D eigenvalue weighted by Gasteiger charge is -2.21. The Morgan fingerprint density at radius 1 is 1.10 bits per heavy atom. The lowest BCUT2D eigenvalue weighted by atomic mass is 10.1. The van der Waals surface area contributed by atoms with Crippen LogP contribution in [0.5, 0.6) is 0 Å². The minimum absolute atomic E-state index is 0.117. The van der Waals surface area contributed by atoms with Gasteiger partial charge in [0.25, 0.3) is 5.56 Å². The molecule has 0 saturated heterocycles. The van der Waals surface area contributed by atoms with Gasteiger partial charge in [0.15, 0.2) is 0 Å². The SMILES string of the molecule is CC(C)(C)OC(=O)NC(C=O)Cc1ccc(-n2cc3ccccc3cc2=O)cc1. The Hall–Kier alpha value is -3.41. The van der Waals surface area contributed by atoms with E-state index in [1.54, 1.807) is 31.4 Å². The highest BCUT2D eigenvalue weighted by atomic mass is 16.6. The second-order valence-corrected chi connectivity index (χ2v) is 7.87. The Bertz CT molecular complexity index is 1080. The van der Waals surface area contributed by atoms with Crippen LogP contribution in [0.4, 0.5) is 4.79 Å². The molecule has 1 heterocycles. The number of carbonyl (C=O) groups excluding carboxylic acids is 2. The zero-order valence-corrected chi connectivity index (χ0v) is 16.7. The molecule has 6 nitrogen and oxygen atoms in total. The molecule has 1 atom stereocenters. The smallest absolute Gasteiger partial charge is 0.408 e. The molecule has 29 heavy (non-hydrogen) atoms. The fourth-order valence-corrected chi connectivity index (χ4v) is 3.01. The average molecular weight is 392 g/mol. The minimum atomic E-state index is -0.695. The molecular formula is C23H24N2O4. The Kier molecular flexibility index (Phi) is 5.82. The van der Waals surface area contributed by atoms with E-state index in [0.29, 0.717) is 12.7 Å². The van der Waals surface area contributed by atoms with Gasteiger partial charge in [0, 0.05) is 18.0 Å². The number of hydrogen-bond donors (Lipinski definition) is 1. The number of fused-ring (bicyclic) bond motifs is 1. The maximum Gasteiger partial charge on any atom is 0.408 e. The van der Waals surface area contributed by atoms with Gasteiger partial charge in [0.2, 0.25) is 0 Å². The molecule has 150 valence electrons. The molecule has 0 aliphatic carbocycles. The third-order valence-electron chi connectivity index (χ3n) is 4.32. The van der Waals surface area contributed by atoms with Crippen molar-refractivity contribution in [1.82, 2.24) is 9.88 Å². The molecule has 2 aromatic carbocycles. The van der Waals surface area contributed by atoms with Gasteiger partial charge in [-0.05, 0) is 55.7 Å². The summed E-state index contributed by atoms with van der Waals surface area (Å²) in [6, 6.07) is 15.9. The lowest BCUT2D eigenvalue weighted by Crippen LogP contribution is -2.41. The number of alkyl carbamates (subject to hydrolysis) is 1. The monoisotopic (exact) mass is 392 g/mol. The third kappa shape index (κ3) is 5.31. The van der Waals surface area contributed by atoms with Gasteiger partial charge in [-0.1, -0.05) is 36.4 Å². The van der Waals surface area contributed by atoms with Crippen LogP contribution in [0.25, 0.3) is 16.5 Å². The summed E-state index contributed by atoms with van der Waals surface area (Å²) in [6.07, 6.45) is 2.20. The van der Waals surface area contributed by atoms with E-state index < -0.39 is 17.7 Å². The van der Waals surface area contributed by atoms with Crippen LogP contribution in [0.3, 0.4) is 0 Å². The van der Waals surface area contributed by atoms with E-state index in [1.807, 2.05) is 54.7 Å². The van der Waals surface area contributed by atoms with Crippen molar-refractivity contribution < 1.29 is 14.3 Å². The Labute approximate surface area is 169 Å². The summed E-state index contributed by atoms with van der Waals surface area (Å²) in [4.78, 5) is 35.7. The van der Waals surface area contributed by atoms with Crippen molar-refractivity contribution in [2.24, 2.45) is 0 Å². The first-order valence-corrected chi connectivity index (χ1v) is 9.41. The molecule has 1 unspecified atom stereocenters. The minimum Gasteiger partial charge on any atom is -0.444 e. The fraction of sp³-hybridized carbons (Fsp3) is 0.261. The van der Waals surface area contributed by atoms with Crippen LogP contribution in [0.2, 0.25) is 0 Å². The summed E-state index contributed by atoms with van der Waals surface area (Å²) in [5.41, 5.74) is 0.837. The molecule has 6 heteroatoms. The van der Waals surface area contributed by atoms with Crippen LogP contribution in [0.1, 0.15) is 26.3 Å². The fourth-order valence-electron chi connectivity index (χ4n) is 3.01. The molecule has 3 rings (SSSR count). The number of aromatic nitrogens is 1. The number of benzene rings is 2. The summed E-state index contributed by atoms with van der Waals surface area (Å²) < 4.78 is 6.77. The molecular weight excluding hydrogens is 368 g/mol. The molecule has 0 aliphatic rings. The first-order chi connectivity index (χ1) is 13.7. The van der Waals surface area contributed by atoms with Gasteiger partial charge < -0.3 is 14.8 Å². The maximum absolute atomic E-state index is 12.4. The van der Waals surface area contributed by atoms with Crippen molar-refractivity contribution in [2.75, 3.05) is 0 Å². The Morgan fingerprint density at radius 2 is 1.76 bits per heavy atom. The van der Waals surface area contributed by atoms with Gasteiger partial charge >= 0.3 is 6.09 Å². The van der Waals surface area contributed by atoms with E-state index in [2.05, 4.69) is 5.32 Å². The third-order valence-corrected chi connectivity index (χ3v) is 4.32. The number of amides is 1. The first-order valence-electron chi connectivity index (χ1n) is 9.41. The molecule has 1 N–H and O–H groups in total. The Balaban J connectivity index is 1.74. The maximum atomic E-state index is 12.4. The highest BCUT2D eigenvalue weighted by Crippen LogP contribution is 2.15. The van der Waals surface area contributed by atoms with Crippen molar-refractivity contribution in [3.05, 3.63) is 76.7 Å². The normalized spacial score (nSPS) is 12.4. The van der Waals surface area contributed by atoms with Gasteiger partial charge in [-0.15, -0.1) is 0 Å². The van der Waals surface area contributed by atoms with Crippen LogP contribution in [-0.2, 0) is 16.0 Å². The number of hydrogen-bond acceptors (Lipinski definition) is 4. The van der Waals surface area contributed by atoms with Crippen molar-refractivity contribution in [3.8, 4) is 5.69 Å². The predicted molar refractivity (Wildman–Crippen MR) is 112 cm³/mol. The van der Waals surface area contributed by atoms with E-state index in [1.165, 1.54) is 0 Å². The highest BCUT2D eigenvalue weighted by Gasteiger charge is 2.19. The molecule has 0 spiro atoms. The summed E-state index contributed by atoms with van der Waals surface area (Å²) in [5.74, 6) is 0. The van der Waals surface area contributed by atoms with E-state index in [-0.39, 0.29) is 5.56 Å². The largest absolute Gasteiger partial charge is 0.444 e. The van der Waals surface area contributed by atoms with Gasteiger partial charge in [-0.2, -0.15) is 0 Å². The number of ether oxygens (including phenoxy) is 1. The van der Waals surface area contributed by atoms with Crippen LogP contribution in [-0.4, -0.2) is 28.6 Å². The number of nitrogens with one attached hydrogen (secondary N) is 1. The van der Waals surface area contributed by atoms with Crippen LogP contribution >= 0.6 is 0 Å². The van der Waals surface area contributed by atoms with E-state index in [4.69, 9.17) is 4.74 Å². The molecule has 0 bridgehead atoms. The molecule has 0 fully saturated rings. The molecule has 0 aliphatic heterocycles.